The third kappa shape index (κ3) is 3.74. The van der Waals surface area contributed by atoms with E-state index in [9.17, 15) is 14.9 Å². The summed E-state index contributed by atoms with van der Waals surface area (Å²) in [5, 5.41) is 12.1. The molecule has 0 aliphatic heterocycles. The lowest BCUT2D eigenvalue weighted by atomic mass is 9.85. The number of halogens is 1. The maximum atomic E-state index is 12.2. The number of aldehydes is 1. The van der Waals surface area contributed by atoms with E-state index < -0.39 is 12.0 Å². The van der Waals surface area contributed by atoms with Crippen molar-refractivity contribution in [1.82, 2.24) is 0 Å². The van der Waals surface area contributed by atoms with Crippen LogP contribution in [-0.4, -0.2) is 24.4 Å². The molecule has 0 N–H and O–H groups in total. The lowest BCUT2D eigenvalue weighted by Crippen LogP contribution is -2.31. The monoisotopic (exact) mass is 443 g/mol. The van der Waals surface area contributed by atoms with Crippen LogP contribution in [0.1, 0.15) is 36.8 Å². The van der Waals surface area contributed by atoms with Gasteiger partial charge in [-0.25, -0.2) is 0 Å². The number of hydrogen-bond acceptors (Lipinski definition) is 4. The number of nitrogens with zero attached hydrogens (tertiary/aromatic N) is 1. The number of carbonyl (C=O) groups is 1. The molecule has 0 saturated heterocycles. The largest absolute Gasteiger partial charge is 0.497 e. The fourth-order valence-corrected chi connectivity index (χ4v) is 4.46. The lowest BCUT2D eigenvalue weighted by molar-refractivity contribution is -0.530. The molecule has 0 saturated carbocycles. The summed E-state index contributed by atoms with van der Waals surface area (Å²) >= 11 is 3.42. The smallest absolute Gasteiger partial charge is 0.230 e. The summed E-state index contributed by atoms with van der Waals surface area (Å²) < 4.78 is 6.12. The Hall–Kier alpha value is -2.47. The third-order valence-corrected chi connectivity index (χ3v) is 5.90. The third-order valence-electron chi connectivity index (χ3n) is 5.37. The highest BCUT2D eigenvalue weighted by molar-refractivity contribution is 9.10. The molecule has 28 heavy (non-hydrogen) atoms. The number of nitro groups is 1. The molecule has 0 amide bonds. The zero-order chi connectivity index (χ0) is 20.3. The van der Waals surface area contributed by atoms with E-state index >= 15 is 0 Å². The van der Waals surface area contributed by atoms with E-state index in [4.69, 9.17) is 4.74 Å². The predicted molar refractivity (Wildman–Crippen MR) is 112 cm³/mol. The van der Waals surface area contributed by atoms with Gasteiger partial charge in [0.2, 0.25) is 6.04 Å². The maximum Gasteiger partial charge on any atom is 0.230 e. The molecule has 3 atom stereocenters. The van der Waals surface area contributed by atoms with Gasteiger partial charge in [0, 0.05) is 15.0 Å². The number of carbonyl (C=O) groups excluding carboxylic acids is 1. The van der Waals surface area contributed by atoms with E-state index in [-0.39, 0.29) is 10.8 Å². The minimum Gasteiger partial charge on any atom is -0.497 e. The van der Waals surface area contributed by atoms with Gasteiger partial charge in [0.15, 0.2) is 0 Å². The Morgan fingerprint density at radius 1 is 1.14 bits per heavy atom. The van der Waals surface area contributed by atoms with Gasteiger partial charge in [-0.15, -0.1) is 0 Å². The van der Waals surface area contributed by atoms with Crippen LogP contribution in [0.2, 0.25) is 0 Å². The topological polar surface area (TPSA) is 69.4 Å². The highest BCUT2D eigenvalue weighted by Gasteiger charge is 2.50. The highest BCUT2D eigenvalue weighted by Crippen LogP contribution is 2.50. The molecule has 0 spiro atoms. The van der Waals surface area contributed by atoms with E-state index in [0.717, 1.165) is 33.9 Å². The van der Waals surface area contributed by atoms with Crippen LogP contribution in [-0.2, 0) is 4.79 Å². The molecule has 0 radical (unpaired) electrons. The van der Waals surface area contributed by atoms with Crippen molar-refractivity contribution in [3.8, 4) is 5.75 Å². The average Bonchev–Trinajstić information content (AvgIpc) is 3.03. The second kappa shape index (κ2) is 8.69. The molecular weight excluding hydrogens is 422 g/mol. The molecule has 5 nitrogen and oxygen atoms in total. The Bertz CT molecular complexity index is 890. The minimum atomic E-state index is -0.868. The Labute approximate surface area is 172 Å². The summed E-state index contributed by atoms with van der Waals surface area (Å²) in [5.74, 6) is -0.212. The number of hydrogen-bond donors (Lipinski definition) is 0. The van der Waals surface area contributed by atoms with Crippen molar-refractivity contribution < 1.29 is 14.5 Å². The predicted octanol–water partition coefficient (Wildman–Crippen LogP) is 5.27. The number of rotatable bonds is 7. The molecule has 1 aliphatic carbocycles. The lowest BCUT2D eigenvalue weighted by Gasteiger charge is -2.20. The first-order valence-corrected chi connectivity index (χ1v) is 10.0. The maximum absolute atomic E-state index is 12.2. The number of benzene rings is 2. The van der Waals surface area contributed by atoms with Crippen LogP contribution in [0.4, 0.5) is 0 Å². The summed E-state index contributed by atoms with van der Waals surface area (Å²) in [6, 6.07) is 14.0. The Balaban J connectivity index is 2.20. The van der Waals surface area contributed by atoms with Crippen molar-refractivity contribution in [3.05, 3.63) is 79.8 Å². The van der Waals surface area contributed by atoms with Gasteiger partial charge in [0.05, 0.1) is 18.9 Å². The van der Waals surface area contributed by atoms with Crippen LogP contribution < -0.4 is 4.74 Å². The quantitative estimate of drug-likeness (QED) is 0.332. The van der Waals surface area contributed by atoms with Gasteiger partial charge in [-0.1, -0.05) is 53.5 Å². The van der Waals surface area contributed by atoms with Crippen LogP contribution in [0.3, 0.4) is 0 Å². The fourth-order valence-electron chi connectivity index (χ4n) is 4.20. The first kappa shape index (κ1) is 20.3. The second-order valence-electron chi connectivity index (χ2n) is 6.92. The van der Waals surface area contributed by atoms with Crippen LogP contribution in [0.15, 0.2) is 58.6 Å². The molecule has 146 valence electrons. The number of ether oxygens (including phenoxy) is 1. The van der Waals surface area contributed by atoms with Gasteiger partial charge in [-0.05, 0) is 47.4 Å². The highest BCUT2D eigenvalue weighted by atomic mass is 79.9. The molecule has 0 fully saturated rings. The van der Waals surface area contributed by atoms with E-state index in [1.165, 1.54) is 0 Å². The van der Waals surface area contributed by atoms with E-state index in [1.807, 2.05) is 43.3 Å². The normalized spacial score (nSPS) is 21.6. The van der Waals surface area contributed by atoms with Gasteiger partial charge in [-0.3, -0.25) is 14.9 Å². The summed E-state index contributed by atoms with van der Waals surface area (Å²) in [6.07, 6.45) is 2.26. The summed E-state index contributed by atoms with van der Waals surface area (Å²) in [5.41, 5.74) is 2.93. The van der Waals surface area contributed by atoms with E-state index in [0.29, 0.717) is 17.7 Å². The zero-order valence-corrected chi connectivity index (χ0v) is 17.4. The van der Waals surface area contributed by atoms with Crippen molar-refractivity contribution >= 4 is 27.8 Å². The molecule has 0 unspecified atom stereocenters. The van der Waals surface area contributed by atoms with Crippen molar-refractivity contribution in [2.45, 2.75) is 31.7 Å². The zero-order valence-electron chi connectivity index (χ0n) is 15.8. The van der Waals surface area contributed by atoms with Gasteiger partial charge >= 0.3 is 0 Å². The number of methoxy groups -OCH3 is 1. The van der Waals surface area contributed by atoms with Gasteiger partial charge in [0.1, 0.15) is 12.0 Å². The van der Waals surface area contributed by atoms with Crippen molar-refractivity contribution in [2.24, 2.45) is 5.92 Å². The van der Waals surface area contributed by atoms with Gasteiger partial charge in [0.25, 0.3) is 0 Å². The van der Waals surface area contributed by atoms with Crippen molar-refractivity contribution in [3.63, 3.8) is 0 Å². The molecular formula is C22H22BrNO4. The van der Waals surface area contributed by atoms with Crippen LogP contribution in [0.5, 0.6) is 5.75 Å². The molecule has 0 bridgehead atoms. The molecule has 1 aliphatic rings. The van der Waals surface area contributed by atoms with Crippen LogP contribution in [0, 0.1) is 16.0 Å². The minimum absolute atomic E-state index is 0.218. The summed E-state index contributed by atoms with van der Waals surface area (Å²) in [4.78, 5) is 24.1. The van der Waals surface area contributed by atoms with Crippen LogP contribution >= 0.6 is 15.9 Å². The molecule has 2 aromatic carbocycles. The second-order valence-corrected chi connectivity index (χ2v) is 7.83. The van der Waals surface area contributed by atoms with E-state index in [2.05, 4.69) is 15.9 Å². The SMILES string of the molecule is CCC[C@@H]1C(c2ccc(Br)cc2)=C(C=O)[C@H](c2ccc(OC)cc2)[C@H]1[N+](=O)[O-]. The summed E-state index contributed by atoms with van der Waals surface area (Å²) in [7, 11) is 1.57. The Morgan fingerprint density at radius 2 is 1.79 bits per heavy atom. The summed E-state index contributed by atoms with van der Waals surface area (Å²) in [6.45, 7) is 2.01. The Morgan fingerprint density at radius 3 is 2.29 bits per heavy atom. The van der Waals surface area contributed by atoms with E-state index in [1.54, 1.807) is 19.2 Å². The van der Waals surface area contributed by atoms with Gasteiger partial charge < -0.3 is 4.74 Å². The molecule has 0 heterocycles. The molecule has 0 aromatic heterocycles. The molecule has 6 heteroatoms. The van der Waals surface area contributed by atoms with Crippen molar-refractivity contribution in [1.29, 1.82) is 0 Å². The Kier molecular flexibility index (Phi) is 6.29. The fraction of sp³-hybridized carbons (Fsp3) is 0.318. The van der Waals surface area contributed by atoms with Crippen LogP contribution in [0.25, 0.3) is 5.57 Å². The molecule has 2 aromatic rings. The van der Waals surface area contributed by atoms with Gasteiger partial charge in [-0.2, -0.15) is 0 Å². The average molecular weight is 444 g/mol. The van der Waals surface area contributed by atoms with Crippen molar-refractivity contribution in [2.75, 3.05) is 7.11 Å². The first-order chi connectivity index (χ1) is 13.5. The standard InChI is InChI=1S/C22H22BrNO4/c1-3-4-18-20(14-5-9-16(23)10-6-14)19(13-25)21(22(18)24(26)27)15-7-11-17(28-2)12-8-15/h5-13,18,21-22H,3-4H2,1-2H3/t18-,21+,22+/m1/s1. The first-order valence-electron chi connectivity index (χ1n) is 9.24. The molecule has 3 rings (SSSR count).